The minimum atomic E-state index is -1.85. The molecule has 0 N–H and O–H groups in total. The van der Waals surface area contributed by atoms with Crippen LogP contribution in [0.2, 0.25) is 15.8 Å². The number of benzene rings is 1. The van der Waals surface area contributed by atoms with Gasteiger partial charge in [0.25, 0.3) is 0 Å². The van der Waals surface area contributed by atoms with E-state index in [9.17, 15) is 0 Å². The molecule has 1 rings (SSSR count). The summed E-state index contributed by atoms with van der Waals surface area (Å²) in [5.74, 6) is 0. The summed E-state index contributed by atoms with van der Waals surface area (Å²) in [6.07, 6.45) is 2.90. The molecule has 0 unspecified atom stereocenters. The van der Waals surface area contributed by atoms with Crippen molar-refractivity contribution in [3.05, 3.63) is 53.0 Å². The molecule has 0 fully saturated rings. The van der Waals surface area contributed by atoms with E-state index in [1.54, 1.807) is 0 Å². The Kier molecular flexibility index (Phi) is 6.81. The summed E-state index contributed by atoms with van der Waals surface area (Å²) in [7, 11) is 0. The number of hydrogen-bond donors (Lipinski definition) is 0. The SMILES string of the molecule is C=CC/C(=[CH]\[Ge]([CH2]C)([CH2]C)[CH2]C)c1ccc(C#N)cc1. The van der Waals surface area contributed by atoms with Gasteiger partial charge in [0, 0.05) is 0 Å². The second-order valence-electron chi connectivity index (χ2n) is 5.27. The molecule has 1 aromatic rings. The Labute approximate surface area is 126 Å². The monoisotopic (exact) mass is 329 g/mol. The Bertz CT molecular complexity index is 493. The van der Waals surface area contributed by atoms with Crippen molar-refractivity contribution in [2.75, 3.05) is 0 Å². The molecule has 106 valence electrons. The molecule has 0 spiro atoms. The normalized spacial score (nSPS) is 12.0. The number of nitriles is 1. The Morgan fingerprint density at radius 2 is 1.70 bits per heavy atom. The fourth-order valence-electron chi connectivity index (χ4n) is 2.60. The van der Waals surface area contributed by atoms with E-state index in [1.807, 2.05) is 18.2 Å². The third kappa shape index (κ3) is 4.11. The van der Waals surface area contributed by atoms with E-state index < -0.39 is 13.3 Å². The molecule has 1 aromatic carbocycles. The van der Waals surface area contributed by atoms with Crippen LogP contribution in [0, 0.1) is 11.3 Å². The molecule has 0 bridgehead atoms. The summed E-state index contributed by atoms with van der Waals surface area (Å²) >= 11 is -1.85. The summed E-state index contributed by atoms with van der Waals surface area (Å²) in [6.45, 7) is 10.9. The van der Waals surface area contributed by atoms with Gasteiger partial charge in [-0.15, -0.1) is 0 Å². The molecule has 0 atom stereocenters. The molecular formula is C18H25GeN. The van der Waals surface area contributed by atoms with Gasteiger partial charge in [0.05, 0.1) is 0 Å². The first-order valence-corrected chi connectivity index (χ1v) is 13.1. The van der Waals surface area contributed by atoms with E-state index in [-0.39, 0.29) is 0 Å². The Morgan fingerprint density at radius 1 is 1.15 bits per heavy atom. The van der Waals surface area contributed by atoms with Crippen molar-refractivity contribution in [2.24, 2.45) is 0 Å². The van der Waals surface area contributed by atoms with E-state index in [0.717, 1.165) is 12.0 Å². The van der Waals surface area contributed by atoms with Crippen molar-refractivity contribution >= 4 is 18.8 Å². The number of rotatable bonds is 7. The quantitative estimate of drug-likeness (QED) is 0.474. The zero-order chi connectivity index (χ0) is 15.0. The molecule has 0 aliphatic carbocycles. The predicted molar refractivity (Wildman–Crippen MR) is 91.1 cm³/mol. The van der Waals surface area contributed by atoms with E-state index in [0.29, 0.717) is 0 Å². The second-order valence-corrected chi connectivity index (χ2v) is 16.0. The van der Waals surface area contributed by atoms with Crippen LogP contribution in [-0.4, -0.2) is 13.3 Å². The van der Waals surface area contributed by atoms with Gasteiger partial charge in [-0.05, 0) is 0 Å². The standard InChI is InChI=1S/C18H25GeN/c1-5-9-18(14-19(6-2,7-3)8-4)17-12-10-16(15-20)11-13-17/h5,10-14H,1,6-9H2,2-4H3/b18-14+. The van der Waals surface area contributed by atoms with Crippen molar-refractivity contribution in [2.45, 2.75) is 43.0 Å². The number of hydrogen-bond acceptors (Lipinski definition) is 1. The van der Waals surface area contributed by atoms with Crippen LogP contribution in [0.5, 0.6) is 0 Å². The molecule has 0 aliphatic rings. The minimum absolute atomic E-state index is 0.723. The number of nitrogens with zero attached hydrogens (tertiary/aromatic N) is 1. The van der Waals surface area contributed by atoms with Crippen LogP contribution >= 0.6 is 0 Å². The summed E-state index contributed by atoms with van der Waals surface area (Å²) in [5.41, 5.74) is 3.37. The molecular weight excluding hydrogens is 303 g/mol. The summed E-state index contributed by atoms with van der Waals surface area (Å²) in [5, 5.41) is 12.9. The third-order valence-corrected chi connectivity index (χ3v) is 15.2. The van der Waals surface area contributed by atoms with E-state index in [1.165, 1.54) is 26.9 Å². The summed E-state index contributed by atoms with van der Waals surface area (Å²) in [4.78, 5) is 2.61. The van der Waals surface area contributed by atoms with Crippen LogP contribution in [0.4, 0.5) is 0 Å². The zero-order valence-electron chi connectivity index (χ0n) is 12.9. The van der Waals surface area contributed by atoms with Gasteiger partial charge in [-0.1, -0.05) is 0 Å². The predicted octanol–water partition coefficient (Wildman–Crippen LogP) is 5.57. The summed E-state index contributed by atoms with van der Waals surface area (Å²) < 4.78 is 0. The van der Waals surface area contributed by atoms with Gasteiger partial charge in [0.15, 0.2) is 0 Å². The molecule has 20 heavy (non-hydrogen) atoms. The fourth-order valence-corrected chi connectivity index (χ4v) is 9.18. The Balaban J connectivity index is 3.21. The van der Waals surface area contributed by atoms with E-state index >= 15 is 0 Å². The van der Waals surface area contributed by atoms with Gasteiger partial charge in [0.1, 0.15) is 0 Å². The molecule has 0 saturated heterocycles. The van der Waals surface area contributed by atoms with Crippen LogP contribution in [0.25, 0.3) is 5.57 Å². The molecule has 0 heterocycles. The van der Waals surface area contributed by atoms with Crippen LogP contribution in [0.3, 0.4) is 0 Å². The van der Waals surface area contributed by atoms with E-state index in [4.69, 9.17) is 5.26 Å². The molecule has 0 saturated carbocycles. The average molecular weight is 328 g/mol. The molecule has 1 nitrogen and oxygen atoms in total. The third-order valence-electron chi connectivity index (χ3n) is 4.34. The zero-order valence-corrected chi connectivity index (χ0v) is 15.0. The van der Waals surface area contributed by atoms with Gasteiger partial charge < -0.3 is 0 Å². The first kappa shape index (κ1) is 16.8. The van der Waals surface area contributed by atoms with Crippen molar-refractivity contribution in [3.63, 3.8) is 0 Å². The molecule has 0 radical (unpaired) electrons. The van der Waals surface area contributed by atoms with Crippen molar-refractivity contribution in [1.82, 2.24) is 0 Å². The van der Waals surface area contributed by atoms with Gasteiger partial charge in [-0.3, -0.25) is 0 Å². The number of allylic oxidation sites excluding steroid dienone is 2. The first-order valence-electron chi connectivity index (χ1n) is 7.47. The fraction of sp³-hybridized carbons (Fsp3) is 0.389. The van der Waals surface area contributed by atoms with Gasteiger partial charge in [-0.2, -0.15) is 0 Å². The first-order chi connectivity index (χ1) is 9.64. The van der Waals surface area contributed by atoms with Crippen LogP contribution in [-0.2, 0) is 0 Å². The Hall–Kier alpha value is -1.27. The van der Waals surface area contributed by atoms with Crippen LogP contribution < -0.4 is 0 Å². The second kappa shape index (κ2) is 8.12. The molecule has 0 aliphatic heterocycles. The van der Waals surface area contributed by atoms with Crippen molar-refractivity contribution < 1.29 is 0 Å². The molecule has 0 amide bonds. The molecule has 2 heteroatoms. The maximum absolute atomic E-state index is 8.90. The Morgan fingerprint density at radius 3 is 2.10 bits per heavy atom. The van der Waals surface area contributed by atoms with Gasteiger partial charge in [-0.25, -0.2) is 0 Å². The summed E-state index contributed by atoms with van der Waals surface area (Å²) in [6, 6.07) is 10.1. The topological polar surface area (TPSA) is 23.8 Å². The van der Waals surface area contributed by atoms with Crippen LogP contribution in [0.1, 0.15) is 38.3 Å². The van der Waals surface area contributed by atoms with Crippen molar-refractivity contribution in [3.8, 4) is 6.07 Å². The van der Waals surface area contributed by atoms with E-state index in [2.05, 4.69) is 50.5 Å². The molecule has 0 aromatic heterocycles. The van der Waals surface area contributed by atoms with Gasteiger partial charge in [0.2, 0.25) is 0 Å². The van der Waals surface area contributed by atoms with Crippen LogP contribution in [0.15, 0.2) is 41.8 Å². The van der Waals surface area contributed by atoms with Crippen molar-refractivity contribution in [1.29, 1.82) is 5.26 Å². The average Bonchev–Trinajstić information content (AvgIpc) is 2.52. The van der Waals surface area contributed by atoms with Gasteiger partial charge >= 0.3 is 126 Å². The maximum atomic E-state index is 8.90.